The summed E-state index contributed by atoms with van der Waals surface area (Å²) in [6, 6.07) is 8.44. The van der Waals surface area contributed by atoms with Crippen molar-refractivity contribution in [3.8, 4) is 11.8 Å². The zero-order valence-corrected chi connectivity index (χ0v) is 16.7. The number of nitrogens with zero attached hydrogens (tertiary/aromatic N) is 2. The smallest absolute Gasteiger partial charge is 0.390 e. The lowest BCUT2D eigenvalue weighted by Gasteiger charge is -2.57. The fourth-order valence-corrected chi connectivity index (χ4v) is 4.70. The van der Waals surface area contributed by atoms with Crippen LogP contribution < -0.4 is 0 Å². The molecule has 1 saturated carbocycles. The molecule has 0 amide bonds. The normalized spacial score (nSPS) is 28.5. The van der Waals surface area contributed by atoms with Crippen LogP contribution in [0.25, 0.3) is 0 Å². The standard InChI is InChI=1S/C23H29F3N2O/c24-23(25,26)11-14-27-12-1-2-13-28-20(15-27)22(21(28)16-29)19-9-7-18(8-10-19)6-5-17-3-4-17/h7-10,17,20-22,29H,1-4,11-16H2/t20-,21-,22+/m1/s1. The van der Waals surface area contributed by atoms with Gasteiger partial charge >= 0.3 is 6.18 Å². The van der Waals surface area contributed by atoms with E-state index in [1.54, 1.807) is 0 Å². The molecule has 3 atom stereocenters. The molecule has 1 aliphatic carbocycles. The van der Waals surface area contributed by atoms with Crippen molar-refractivity contribution in [3.05, 3.63) is 35.4 Å². The van der Waals surface area contributed by atoms with E-state index in [1.807, 2.05) is 17.0 Å². The number of rotatable bonds is 4. The van der Waals surface area contributed by atoms with E-state index in [0.717, 1.165) is 30.5 Å². The van der Waals surface area contributed by atoms with Gasteiger partial charge in [0.2, 0.25) is 0 Å². The largest absolute Gasteiger partial charge is 0.395 e. The summed E-state index contributed by atoms with van der Waals surface area (Å²) in [5.41, 5.74) is 2.15. The van der Waals surface area contributed by atoms with Crippen LogP contribution in [0.15, 0.2) is 24.3 Å². The van der Waals surface area contributed by atoms with E-state index in [-0.39, 0.29) is 31.2 Å². The summed E-state index contributed by atoms with van der Waals surface area (Å²) in [4.78, 5) is 4.26. The Labute approximate surface area is 170 Å². The van der Waals surface area contributed by atoms with Crippen molar-refractivity contribution in [1.29, 1.82) is 0 Å². The van der Waals surface area contributed by atoms with Crippen LogP contribution in [-0.2, 0) is 0 Å². The maximum Gasteiger partial charge on any atom is 0.390 e. The maximum absolute atomic E-state index is 12.7. The average Bonchev–Trinajstić information content (AvgIpc) is 3.49. The Hall–Kier alpha value is -1.55. The Morgan fingerprint density at radius 2 is 1.79 bits per heavy atom. The van der Waals surface area contributed by atoms with Gasteiger partial charge in [-0.1, -0.05) is 24.0 Å². The third-order valence-electron chi connectivity index (χ3n) is 6.46. The fraction of sp³-hybridized carbons (Fsp3) is 0.652. The van der Waals surface area contributed by atoms with E-state index in [4.69, 9.17) is 0 Å². The minimum absolute atomic E-state index is 0.0472. The molecule has 1 aromatic carbocycles. The molecule has 29 heavy (non-hydrogen) atoms. The first kappa shape index (κ1) is 20.7. The molecule has 1 N–H and O–H groups in total. The van der Waals surface area contributed by atoms with Gasteiger partial charge in [0.1, 0.15) is 0 Å². The zero-order valence-electron chi connectivity index (χ0n) is 16.7. The van der Waals surface area contributed by atoms with Crippen molar-refractivity contribution >= 4 is 0 Å². The van der Waals surface area contributed by atoms with E-state index in [2.05, 4.69) is 28.9 Å². The Kier molecular flexibility index (Phi) is 6.19. The van der Waals surface area contributed by atoms with Crippen LogP contribution in [-0.4, -0.2) is 66.0 Å². The van der Waals surface area contributed by atoms with Crippen LogP contribution in [0.3, 0.4) is 0 Å². The van der Waals surface area contributed by atoms with Crippen LogP contribution in [0.2, 0.25) is 0 Å². The monoisotopic (exact) mass is 406 g/mol. The first-order chi connectivity index (χ1) is 13.9. The highest BCUT2D eigenvalue weighted by molar-refractivity contribution is 5.39. The highest BCUT2D eigenvalue weighted by atomic mass is 19.4. The number of halogens is 3. The van der Waals surface area contributed by atoms with E-state index in [0.29, 0.717) is 19.0 Å². The van der Waals surface area contributed by atoms with Crippen molar-refractivity contribution < 1.29 is 18.3 Å². The molecule has 3 nitrogen and oxygen atoms in total. The summed E-state index contributed by atoms with van der Waals surface area (Å²) < 4.78 is 38.1. The van der Waals surface area contributed by atoms with E-state index in [9.17, 15) is 18.3 Å². The van der Waals surface area contributed by atoms with Crippen LogP contribution in [0, 0.1) is 17.8 Å². The van der Waals surface area contributed by atoms with Gasteiger partial charge in [-0.15, -0.1) is 0 Å². The van der Waals surface area contributed by atoms with Crippen LogP contribution >= 0.6 is 0 Å². The van der Waals surface area contributed by atoms with Crippen LogP contribution in [0.1, 0.15) is 49.1 Å². The predicted molar refractivity (Wildman–Crippen MR) is 106 cm³/mol. The molecule has 0 aromatic heterocycles. The lowest BCUT2D eigenvalue weighted by molar-refractivity contribution is -0.140. The number of hydrogen-bond donors (Lipinski definition) is 1. The zero-order chi connectivity index (χ0) is 20.4. The van der Waals surface area contributed by atoms with Crippen molar-refractivity contribution in [2.75, 3.05) is 32.8 Å². The van der Waals surface area contributed by atoms with Crippen molar-refractivity contribution in [3.63, 3.8) is 0 Å². The molecule has 2 heterocycles. The van der Waals surface area contributed by atoms with Crippen LogP contribution in [0.5, 0.6) is 0 Å². The average molecular weight is 406 g/mol. The minimum Gasteiger partial charge on any atom is -0.395 e. The van der Waals surface area contributed by atoms with Gasteiger partial charge < -0.3 is 10.0 Å². The predicted octanol–water partition coefficient (Wildman–Crippen LogP) is 3.63. The number of hydrogen-bond acceptors (Lipinski definition) is 3. The topological polar surface area (TPSA) is 26.7 Å². The summed E-state index contributed by atoms with van der Waals surface area (Å²) >= 11 is 0. The molecular weight excluding hydrogens is 377 g/mol. The SMILES string of the molecule is OC[C@@H]1[C@@H](c2ccc(C#CC3CC3)cc2)[C@H]2CN(CCC(F)(F)F)CCCCN12. The van der Waals surface area contributed by atoms with E-state index in [1.165, 1.54) is 12.8 Å². The van der Waals surface area contributed by atoms with Gasteiger partial charge in [-0.05, 0) is 56.5 Å². The van der Waals surface area contributed by atoms with Crippen molar-refractivity contribution in [2.45, 2.75) is 56.3 Å². The molecule has 0 radical (unpaired) electrons. The molecule has 3 aliphatic rings. The fourth-order valence-electron chi connectivity index (χ4n) is 4.70. The van der Waals surface area contributed by atoms with Crippen molar-refractivity contribution in [1.82, 2.24) is 9.80 Å². The number of aliphatic hydroxyl groups excluding tert-OH is 1. The molecule has 3 fully saturated rings. The maximum atomic E-state index is 12.7. The number of aliphatic hydroxyl groups is 1. The number of benzene rings is 1. The Balaban J connectivity index is 1.47. The lowest BCUT2D eigenvalue weighted by atomic mass is 9.74. The van der Waals surface area contributed by atoms with E-state index >= 15 is 0 Å². The van der Waals surface area contributed by atoms with Gasteiger partial charge in [0, 0.05) is 42.6 Å². The molecule has 158 valence electrons. The second-order valence-corrected chi connectivity index (χ2v) is 8.62. The highest BCUT2D eigenvalue weighted by Crippen LogP contribution is 2.42. The first-order valence-electron chi connectivity index (χ1n) is 10.7. The molecule has 4 rings (SSSR count). The molecule has 1 aromatic rings. The summed E-state index contributed by atoms with van der Waals surface area (Å²) in [5.74, 6) is 7.20. The van der Waals surface area contributed by atoms with Gasteiger partial charge in [-0.3, -0.25) is 4.90 Å². The molecule has 0 bridgehead atoms. The first-order valence-corrected chi connectivity index (χ1v) is 10.7. The molecule has 0 unspecified atom stereocenters. The van der Waals surface area contributed by atoms with E-state index < -0.39 is 12.6 Å². The summed E-state index contributed by atoms with van der Waals surface area (Å²) in [5, 5.41) is 9.98. The van der Waals surface area contributed by atoms with Gasteiger partial charge in [-0.25, -0.2) is 0 Å². The minimum atomic E-state index is -4.12. The third-order valence-corrected chi connectivity index (χ3v) is 6.46. The third kappa shape index (κ3) is 5.14. The second-order valence-electron chi connectivity index (χ2n) is 8.62. The van der Waals surface area contributed by atoms with Gasteiger partial charge in [0.05, 0.1) is 13.0 Å². The molecule has 0 spiro atoms. The van der Waals surface area contributed by atoms with Gasteiger partial charge in [0.15, 0.2) is 0 Å². The summed E-state index contributed by atoms with van der Waals surface area (Å²) in [7, 11) is 0. The quantitative estimate of drug-likeness (QED) is 0.774. The molecule has 2 saturated heterocycles. The van der Waals surface area contributed by atoms with Gasteiger partial charge in [0.25, 0.3) is 0 Å². The Bertz CT molecular complexity index is 748. The summed E-state index contributed by atoms with van der Waals surface area (Å²) in [6.45, 7) is 2.38. The molecular formula is C23H29F3N2O. The lowest BCUT2D eigenvalue weighted by Crippen LogP contribution is -2.67. The van der Waals surface area contributed by atoms with Gasteiger partial charge in [-0.2, -0.15) is 13.2 Å². The Morgan fingerprint density at radius 1 is 1.07 bits per heavy atom. The molecule has 6 heteroatoms. The number of fused-ring (bicyclic) bond motifs is 1. The second kappa shape index (κ2) is 8.67. The van der Waals surface area contributed by atoms with Crippen molar-refractivity contribution in [2.24, 2.45) is 5.92 Å². The highest BCUT2D eigenvalue weighted by Gasteiger charge is 2.49. The Morgan fingerprint density at radius 3 is 2.45 bits per heavy atom. The number of alkyl halides is 3. The van der Waals surface area contributed by atoms with Crippen LogP contribution in [0.4, 0.5) is 13.2 Å². The molecule has 2 aliphatic heterocycles. The summed E-state index contributed by atoms with van der Waals surface area (Å²) in [6.07, 6.45) is -0.619.